The molecule has 0 unspecified atom stereocenters. The predicted molar refractivity (Wildman–Crippen MR) is 76.0 cm³/mol. The van der Waals surface area contributed by atoms with E-state index in [0.717, 1.165) is 17.7 Å². The molecule has 3 heterocycles. The summed E-state index contributed by atoms with van der Waals surface area (Å²) in [7, 11) is 1.90. The molecule has 2 atom stereocenters. The fourth-order valence-corrected chi connectivity index (χ4v) is 2.71. The lowest BCUT2D eigenvalue weighted by atomic mass is 10.0. The molecule has 0 spiro atoms. The van der Waals surface area contributed by atoms with Crippen molar-refractivity contribution in [2.45, 2.75) is 32.4 Å². The van der Waals surface area contributed by atoms with Crippen molar-refractivity contribution >= 4 is 5.91 Å². The smallest absolute Gasteiger partial charge is 0.255 e. The van der Waals surface area contributed by atoms with Gasteiger partial charge in [0.25, 0.3) is 5.91 Å². The van der Waals surface area contributed by atoms with Crippen LogP contribution in [0.2, 0.25) is 0 Å². The zero-order valence-corrected chi connectivity index (χ0v) is 12.4. The molecule has 0 saturated carbocycles. The second-order valence-electron chi connectivity index (χ2n) is 5.36. The Balaban J connectivity index is 1.77. The summed E-state index contributed by atoms with van der Waals surface area (Å²) in [6.07, 6.45) is 3.99. The van der Waals surface area contributed by atoms with Gasteiger partial charge in [-0.15, -0.1) is 0 Å². The quantitative estimate of drug-likeness (QED) is 0.937. The van der Waals surface area contributed by atoms with Crippen LogP contribution in [0.4, 0.5) is 0 Å². The average molecular weight is 289 g/mol. The fraction of sp³-hybridized carbons (Fsp3) is 0.467. The normalized spacial score (nSPS) is 21.7. The molecular weight excluding hydrogens is 270 g/mol. The maximum Gasteiger partial charge on any atom is 0.255 e. The zero-order chi connectivity index (χ0) is 15.0. The monoisotopic (exact) mass is 289 g/mol. The third kappa shape index (κ3) is 2.47. The van der Waals surface area contributed by atoms with E-state index in [4.69, 9.17) is 9.15 Å². The van der Waals surface area contributed by atoms with Gasteiger partial charge in [-0.1, -0.05) is 0 Å². The van der Waals surface area contributed by atoms with Gasteiger partial charge < -0.3 is 14.5 Å². The fourth-order valence-electron chi connectivity index (χ4n) is 2.71. The molecule has 0 aromatic carbocycles. The largest absolute Gasteiger partial charge is 0.469 e. The van der Waals surface area contributed by atoms with Crippen LogP contribution in [0.25, 0.3) is 0 Å². The van der Waals surface area contributed by atoms with Crippen molar-refractivity contribution in [2.24, 2.45) is 7.05 Å². The van der Waals surface area contributed by atoms with Crippen LogP contribution in [0.1, 0.15) is 39.9 Å². The van der Waals surface area contributed by atoms with Crippen LogP contribution in [0, 0.1) is 13.8 Å². The Labute approximate surface area is 123 Å². The van der Waals surface area contributed by atoms with Crippen LogP contribution in [0.3, 0.4) is 0 Å². The maximum atomic E-state index is 12.3. The third-order valence-electron chi connectivity index (χ3n) is 4.09. The van der Waals surface area contributed by atoms with Crippen molar-refractivity contribution in [3.05, 3.63) is 41.1 Å². The minimum absolute atomic E-state index is 0.0466. The van der Waals surface area contributed by atoms with Gasteiger partial charge >= 0.3 is 0 Å². The lowest BCUT2D eigenvalue weighted by Gasteiger charge is -2.19. The van der Waals surface area contributed by atoms with E-state index in [1.807, 2.05) is 24.9 Å². The van der Waals surface area contributed by atoms with Gasteiger partial charge in [0.1, 0.15) is 11.9 Å². The summed E-state index contributed by atoms with van der Waals surface area (Å²) in [4.78, 5) is 12.3. The van der Waals surface area contributed by atoms with Crippen molar-refractivity contribution in [3.8, 4) is 0 Å². The lowest BCUT2D eigenvalue weighted by Crippen LogP contribution is -2.37. The molecule has 0 aliphatic carbocycles. The summed E-state index contributed by atoms with van der Waals surface area (Å²) in [5.74, 6) is 0.504. The Morgan fingerprint density at radius 3 is 2.90 bits per heavy atom. The molecule has 0 radical (unpaired) electrons. The summed E-state index contributed by atoms with van der Waals surface area (Å²) < 4.78 is 12.8. The van der Waals surface area contributed by atoms with Crippen LogP contribution < -0.4 is 5.32 Å². The van der Waals surface area contributed by atoms with E-state index in [9.17, 15) is 4.79 Å². The highest BCUT2D eigenvalue weighted by atomic mass is 16.5. The Kier molecular flexibility index (Phi) is 3.55. The van der Waals surface area contributed by atoms with Gasteiger partial charge in [0, 0.05) is 24.9 Å². The predicted octanol–water partition coefficient (Wildman–Crippen LogP) is 1.89. The molecule has 1 N–H and O–H groups in total. The van der Waals surface area contributed by atoms with Crippen LogP contribution in [0.5, 0.6) is 0 Å². The molecule has 6 heteroatoms. The summed E-state index contributed by atoms with van der Waals surface area (Å²) in [6.45, 7) is 4.42. The van der Waals surface area contributed by atoms with Crippen molar-refractivity contribution in [1.82, 2.24) is 15.1 Å². The van der Waals surface area contributed by atoms with Crippen LogP contribution in [-0.4, -0.2) is 28.3 Å². The SMILES string of the molecule is Cc1occc1C(=O)N[C@H]1CCO[C@@H]1c1cnn(C)c1C. The molecule has 1 aliphatic rings. The third-order valence-corrected chi connectivity index (χ3v) is 4.09. The second kappa shape index (κ2) is 5.37. The maximum absolute atomic E-state index is 12.3. The first-order valence-corrected chi connectivity index (χ1v) is 7.03. The van der Waals surface area contributed by atoms with Gasteiger partial charge in [-0.25, -0.2) is 0 Å². The Bertz CT molecular complexity index is 659. The second-order valence-corrected chi connectivity index (χ2v) is 5.36. The molecule has 0 bridgehead atoms. The minimum atomic E-state index is -0.144. The van der Waals surface area contributed by atoms with E-state index < -0.39 is 0 Å². The Morgan fingerprint density at radius 1 is 1.48 bits per heavy atom. The number of aryl methyl sites for hydroxylation is 2. The highest BCUT2D eigenvalue weighted by Crippen LogP contribution is 2.31. The first-order chi connectivity index (χ1) is 10.1. The molecule has 1 saturated heterocycles. The average Bonchev–Trinajstić information content (AvgIpc) is 3.14. The van der Waals surface area contributed by atoms with Crippen molar-refractivity contribution in [3.63, 3.8) is 0 Å². The number of ether oxygens (including phenoxy) is 1. The molecule has 2 aromatic heterocycles. The van der Waals surface area contributed by atoms with E-state index in [-0.39, 0.29) is 18.1 Å². The van der Waals surface area contributed by atoms with Crippen LogP contribution >= 0.6 is 0 Å². The van der Waals surface area contributed by atoms with Crippen LogP contribution in [-0.2, 0) is 11.8 Å². The molecule has 6 nitrogen and oxygen atoms in total. The molecule has 1 fully saturated rings. The van der Waals surface area contributed by atoms with Crippen molar-refractivity contribution in [1.29, 1.82) is 0 Å². The number of nitrogens with one attached hydrogen (secondary N) is 1. The van der Waals surface area contributed by atoms with Crippen LogP contribution in [0.15, 0.2) is 22.9 Å². The number of rotatable bonds is 3. The topological polar surface area (TPSA) is 69.3 Å². The number of hydrogen-bond donors (Lipinski definition) is 1. The summed E-state index contributed by atoms with van der Waals surface area (Å²) >= 11 is 0. The Hall–Kier alpha value is -2.08. The highest BCUT2D eigenvalue weighted by Gasteiger charge is 2.33. The van der Waals surface area contributed by atoms with E-state index >= 15 is 0 Å². The highest BCUT2D eigenvalue weighted by molar-refractivity contribution is 5.95. The van der Waals surface area contributed by atoms with E-state index in [1.165, 1.54) is 6.26 Å². The number of hydrogen-bond acceptors (Lipinski definition) is 4. The van der Waals surface area contributed by atoms with E-state index in [2.05, 4.69) is 10.4 Å². The summed E-state index contributed by atoms with van der Waals surface area (Å²) in [5, 5.41) is 7.29. The van der Waals surface area contributed by atoms with Crippen molar-refractivity contribution in [2.75, 3.05) is 6.61 Å². The molecule has 1 amide bonds. The molecule has 21 heavy (non-hydrogen) atoms. The molecule has 3 rings (SSSR count). The van der Waals surface area contributed by atoms with Gasteiger partial charge in [-0.05, 0) is 26.3 Å². The molecular formula is C15H19N3O3. The number of carbonyl (C=O) groups excluding carboxylic acids is 1. The first-order valence-electron chi connectivity index (χ1n) is 7.03. The summed E-state index contributed by atoms with van der Waals surface area (Å²) in [6, 6.07) is 1.64. The molecule has 1 aliphatic heterocycles. The lowest BCUT2D eigenvalue weighted by molar-refractivity contribution is 0.0818. The molecule has 2 aromatic rings. The molecule has 112 valence electrons. The standard InChI is InChI=1S/C15H19N3O3/c1-9-12(8-16-18(9)3)14-13(5-7-21-14)17-15(19)11-4-6-20-10(11)2/h4,6,8,13-14H,5,7H2,1-3H3,(H,17,19)/t13-,14+/m0/s1. The van der Waals surface area contributed by atoms with E-state index in [1.54, 1.807) is 13.0 Å². The number of nitrogens with zero attached hydrogens (tertiary/aromatic N) is 2. The van der Waals surface area contributed by atoms with Gasteiger partial charge in [0.05, 0.1) is 24.1 Å². The number of furan rings is 1. The van der Waals surface area contributed by atoms with Gasteiger partial charge in [-0.2, -0.15) is 5.10 Å². The van der Waals surface area contributed by atoms with Gasteiger partial charge in [0.15, 0.2) is 0 Å². The summed E-state index contributed by atoms with van der Waals surface area (Å²) in [5.41, 5.74) is 2.66. The van der Waals surface area contributed by atoms with Gasteiger partial charge in [0.2, 0.25) is 0 Å². The van der Waals surface area contributed by atoms with Crippen molar-refractivity contribution < 1.29 is 13.9 Å². The minimum Gasteiger partial charge on any atom is -0.469 e. The number of amides is 1. The number of carbonyl (C=O) groups is 1. The van der Waals surface area contributed by atoms with E-state index in [0.29, 0.717) is 17.9 Å². The van der Waals surface area contributed by atoms with Gasteiger partial charge in [-0.3, -0.25) is 9.48 Å². The Morgan fingerprint density at radius 2 is 2.29 bits per heavy atom. The number of aromatic nitrogens is 2. The zero-order valence-electron chi connectivity index (χ0n) is 12.4. The first kappa shape index (κ1) is 13.9.